The summed E-state index contributed by atoms with van der Waals surface area (Å²) in [4.78, 5) is 41.5. The molecule has 168 valence electrons. The van der Waals surface area contributed by atoms with Gasteiger partial charge in [-0.2, -0.15) is 0 Å². The molecule has 0 amide bonds. The molecule has 0 fully saturated rings. The molecule has 2 aromatic rings. The summed E-state index contributed by atoms with van der Waals surface area (Å²) in [6, 6.07) is 12.8. The molecular weight excluding hydrogens is 428 g/mol. The van der Waals surface area contributed by atoms with E-state index in [9.17, 15) is 19.2 Å². The first-order valence-electron chi connectivity index (χ1n) is 9.19. The predicted octanol–water partition coefficient (Wildman–Crippen LogP) is 3.43. The van der Waals surface area contributed by atoms with E-state index in [2.05, 4.69) is 9.47 Å². The minimum absolute atomic E-state index is 0.0478. The average Bonchev–Trinajstić information content (AvgIpc) is 2.79. The van der Waals surface area contributed by atoms with Crippen molar-refractivity contribution >= 4 is 36.1 Å². The Morgan fingerprint density at radius 2 is 1.45 bits per heavy atom. The fourth-order valence-electron chi connectivity index (χ4n) is 1.82. The minimum atomic E-state index is -0.422. The van der Waals surface area contributed by atoms with Gasteiger partial charge in [-0.25, -0.2) is 4.79 Å². The van der Waals surface area contributed by atoms with Crippen LogP contribution >= 0.6 is 11.6 Å². The minimum Gasteiger partial charge on any atom is -0.508 e. The first kappa shape index (κ1) is 27.6. The van der Waals surface area contributed by atoms with Crippen molar-refractivity contribution in [1.82, 2.24) is 0 Å². The lowest BCUT2D eigenvalue weighted by Gasteiger charge is -2.05. The SMILES string of the molecule is CCOC(=O)CCl.CCOC(=O)COc1cccc(C=O)c1.O=Cc1cccc(O)c1. The van der Waals surface area contributed by atoms with Crippen molar-refractivity contribution in [2.45, 2.75) is 13.8 Å². The normalized spacial score (nSPS) is 9.00. The number of halogens is 1. The van der Waals surface area contributed by atoms with Crippen molar-refractivity contribution in [3.63, 3.8) is 0 Å². The van der Waals surface area contributed by atoms with Crippen molar-refractivity contribution in [3.05, 3.63) is 59.7 Å². The highest BCUT2D eigenvalue weighted by atomic mass is 35.5. The van der Waals surface area contributed by atoms with Crippen LogP contribution in [0.15, 0.2) is 48.5 Å². The Bertz CT molecular complexity index is 823. The molecule has 0 radical (unpaired) electrons. The van der Waals surface area contributed by atoms with Crippen LogP contribution < -0.4 is 4.74 Å². The Morgan fingerprint density at radius 3 is 1.90 bits per heavy atom. The number of phenolic OH excluding ortho intramolecular Hbond substituents is 1. The standard InChI is InChI=1S/C11H12O4.C7H6O2.C4H7ClO2/c1-2-14-11(13)8-15-10-5-3-4-9(6-10)7-12;8-5-6-2-1-3-7(9)4-6;1-2-7-4(6)3-5/h3-7H,2,8H2,1H3;1-5,9H;2-3H2,1H3. The van der Waals surface area contributed by atoms with Gasteiger partial charge < -0.3 is 19.3 Å². The van der Waals surface area contributed by atoms with E-state index in [0.29, 0.717) is 36.4 Å². The second-order valence-corrected chi connectivity index (χ2v) is 5.70. The van der Waals surface area contributed by atoms with Crippen LogP contribution in [-0.2, 0) is 19.1 Å². The third-order valence-corrected chi connectivity index (χ3v) is 3.30. The number of aldehydes is 2. The number of ether oxygens (including phenoxy) is 3. The van der Waals surface area contributed by atoms with Crippen molar-refractivity contribution in [3.8, 4) is 11.5 Å². The summed E-state index contributed by atoms with van der Waals surface area (Å²) in [6.07, 6.45) is 1.41. The van der Waals surface area contributed by atoms with Gasteiger partial charge in [0.1, 0.15) is 30.0 Å². The average molecular weight is 453 g/mol. The zero-order valence-electron chi connectivity index (χ0n) is 17.3. The second-order valence-electron chi connectivity index (χ2n) is 5.44. The third-order valence-electron chi connectivity index (χ3n) is 3.08. The number of aromatic hydroxyl groups is 1. The van der Waals surface area contributed by atoms with Gasteiger partial charge in [-0.3, -0.25) is 14.4 Å². The van der Waals surface area contributed by atoms with E-state index in [-0.39, 0.29) is 24.2 Å². The fraction of sp³-hybridized carbons (Fsp3) is 0.273. The molecule has 0 saturated carbocycles. The van der Waals surface area contributed by atoms with Crippen LogP contribution in [0, 0.1) is 0 Å². The number of benzene rings is 2. The Balaban J connectivity index is 0.000000479. The summed E-state index contributed by atoms with van der Waals surface area (Å²) < 4.78 is 14.2. The molecule has 0 saturated heterocycles. The van der Waals surface area contributed by atoms with E-state index in [1.165, 1.54) is 12.1 Å². The Hall–Kier alpha value is -3.39. The van der Waals surface area contributed by atoms with Crippen LogP contribution in [0.2, 0.25) is 0 Å². The summed E-state index contributed by atoms with van der Waals surface area (Å²) in [5.41, 5.74) is 1.01. The third kappa shape index (κ3) is 14.3. The molecule has 0 aliphatic carbocycles. The molecule has 9 heteroatoms. The number of rotatable bonds is 8. The van der Waals surface area contributed by atoms with Crippen LogP contribution in [0.25, 0.3) is 0 Å². The largest absolute Gasteiger partial charge is 0.508 e. The van der Waals surface area contributed by atoms with Crippen LogP contribution in [0.3, 0.4) is 0 Å². The van der Waals surface area contributed by atoms with Gasteiger partial charge in [-0.15, -0.1) is 11.6 Å². The molecular formula is C22H25ClO8. The first-order chi connectivity index (χ1) is 14.9. The van der Waals surface area contributed by atoms with Crippen molar-refractivity contribution in [2.24, 2.45) is 0 Å². The monoisotopic (exact) mass is 452 g/mol. The maximum absolute atomic E-state index is 11.0. The van der Waals surface area contributed by atoms with Gasteiger partial charge in [0.05, 0.1) is 13.2 Å². The highest BCUT2D eigenvalue weighted by Crippen LogP contribution is 2.11. The molecule has 0 aliphatic heterocycles. The van der Waals surface area contributed by atoms with Gasteiger partial charge in [0.2, 0.25) is 0 Å². The molecule has 0 atom stereocenters. The number of hydrogen-bond donors (Lipinski definition) is 1. The molecule has 31 heavy (non-hydrogen) atoms. The summed E-state index contributed by atoms with van der Waals surface area (Å²) in [5, 5.41) is 8.79. The second kappa shape index (κ2) is 17.5. The summed E-state index contributed by atoms with van der Waals surface area (Å²) in [7, 11) is 0. The lowest BCUT2D eigenvalue weighted by molar-refractivity contribution is -0.145. The van der Waals surface area contributed by atoms with E-state index < -0.39 is 5.97 Å². The number of carbonyl (C=O) groups is 4. The van der Waals surface area contributed by atoms with Crippen LogP contribution in [0.5, 0.6) is 11.5 Å². The number of carbonyl (C=O) groups excluding carboxylic acids is 4. The van der Waals surface area contributed by atoms with E-state index in [1.807, 2.05) is 0 Å². The van der Waals surface area contributed by atoms with Crippen LogP contribution in [0.4, 0.5) is 0 Å². The van der Waals surface area contributed by atoms with Crippen molar-refractivity contribution in [2.75, 3.05) is 25.7 Å². The fourth-order valence-corrected chi connectivity index (χ4v) is 1.90. The van der Waals surface area contributed by atoms with Crippen LogP contribution in [0.1, 0.15) is 34.6 Å². The van der Waals surface area contributed by atoms with E-state index >= 15 is 0 Å². The quantitative estimate of drug-likeness (QED) is 0.368. The Kier molecular flexibility index (Phi) is 15.6. The van der Waals surface area contributed by atoms with Gasteiger partial charge in [0.15, 0.2) is 6.61 Å². The molecule has 0 aromatic heterocycles. The molecule has 0 aliphatic rings. The van der Waals surface area contributed by atoms with Crippen LogP contribution in [-0.4, -0.2) is 55.3 Å². The molecule has 0 spiro atoms. The van der Waals surface area contributed by atoms with Gasteiger partial charge in [-0.05, 0) is 38.1 Å². The van der Waals surface area contributed by atoms with Gasteiger partial charge in [0, 0.05) is 11.1 Å². The Morgan fingerprint density at radius 1 is 0.903 bits per heavy atom. The number of phenols is 1. The van der Waals surface area contributed by atoms with E-state index in [4.69, 9.17) is 21.4 Å². The van der Waals surface area contributed by atoms with Gasteiger partial charge in [-0.1, -0.05) is 24.3 Å². The van der Waals surface area contributed by atoms with Gasteiger partial charge in [0.25, 0.3) is 0 Å². The molecule has 0 unspecified atom stereocenters. The molecule has 2 rings (SSSR count). The maximum Gasteiger partial charge on any atom is 0.344 e. The maximum atomic E-state index is 11.0. The molecule has 0 bridgehead atoms. The smallest absolute Gasteiger partial charge is 0.344 e. The first-order valence-corrected chi connectivity index (χ1v) is 9.72. The lowest BCUT2D eigenvalue weighted by atomic mass is 10.2. The number of esters is 2. The lowest BCUT2D eigenvalue weighted by Crippen LogP contribution is -2.14. The molecule has 2 aromatic carbocycles. The van der Waals surface area contributed by atoms with Crippen molar-refractivity contribution in [1.29, 1.82) is 0 Å². The van der Waals surface area contributed by atoms with Gasteiger partial charge >= 0.3 is 11.9 Å². The number of alkyl halides is 1. The summed E-state index contributed by atoms with van der Waals surface area (Å²) in [6.45, 7) is 4.06. The highest BCUT2D eigenvalue weighted by molar-refractivity contribution is 6.26. The molecule has 1 N–H and O–H groups in total. The molecule has 0 heterocycles. The topological polar surface area (TPSA) is 116 Å². The zero-order chi connectivity index (χ0) is 23.5. The van der Waals surface area contributed by atoms with Crippen molar-refractivity contribution < 1.29 is 38.5 Å². The Labute approximate surface area is 185 Å². The number of hydrogen-bond acceptors (Lipinski definition) is 8. The summed E-state index contributed by atoms with van der Waals surface area (Å²) >= 11 is 5.06. The highest BCUT2D eigenvalue weighted by Gasteiger charge is 2.03. The zero-order valence-corrected chi connectivity index (χ0v) is 18.0. The van der Waals surface area contributed by atoms with E-state index in [0.717, 1.165) is 6.29 Å². The van der Waals surface area contributed by atoms with E-state index in [1.54, 1.807) is 50.2 Å². The molecule has 8 nitrogen and oxygen atoms in total. The summed E-state index contributed by atoms with van der Waals surface area (Å²) in [5.74, 6) is -0.223. The predicted molar refractivity (Wildman–Crippen MR) is 115 cm³/mol.